The van der Waals surface area contributed by atoms with Crippen LogP contribution in [0.2, 0.25) is 0 Å². The normalized spacial score (nSPS) is 14.2. The van der Waals surface area contributed by atoms with E-state index in [9.17, 15) is 35.9 Å². The van der Waals surface area contributed by atoms with Gasteiger partial charge in [0.25, 0.3) is 5.56 Å². The van der Waals surface area contributed by atoms with E-state index in [1.54, 1.807) is 20.8 Å². The molecule has 6 nitrogen and oxygen atoms in total. The number of hydrogen-bond acceptors (Lipinski definition) is 3. The lowest BCUT2D eigenvalue weighted by Gasteiger charge is -2.32. The van der Waals surface area contributed by atoms with Gasteiger partial charge in [-0.1, -0.05) is 32.9 Å². The molecule has 12 heteroatoms. The first-order valence-electron chi connectivity index (χ1n) is 9.05. The van der Waals surface area contributed by atoms with Crippen molar-refractivity contribution in [2.75, 3.05) is 0 Å². The SMILES string of the molecule is CC(C)(C)[C@@H](c1ccc(C(F)(F)F)cc1)n1nc(CC(F)(F)F)c2c(=O)[nH]c(=O)[nH]c21. The summed E-state index contributed by atoms with van der Waals surface area (Å²) in [5.41, 5.74) is -4.18. The molecule has 3 rings (SSSR count). The second kappa shape index (κ2) is 7.27. The number of halogens is 6. The third kappa shape index (κ3) is 4.67. The maximum absolute atomic E-state index is 13.1. The molecular weight excluding hydrogens is 430 g/mol. The monoisotopic (exact) mass is 448 g/mol. The molecule has 0 saturated carbocycles. The van der Waals surface area contributed by atoms with Crippen LogP contribution in [-0.2, 0) is 12.6 Å². The molecule has 0 spiro atoms. The zero-order chi connectivity index (χ0) is 23.4. The van der Waals surface area contributed by atoms with Crippen LogP contribution < -0.4 is 11.2 Å². The van der Waals surface area contributed by atoms with Gasteiger partial charge in [0.05, 0.1) is 23.7 Å². The second-order valence-electron chi connectivity index (χ2n) is 8.20. The average molecular weight is 448 g/mol. The Morgan fingerprint density at radius 1 is 0.968 bits per heavy atom. The molecule has 0 fully saturated rings. The summed E-state index contributed by atoms with van der Waals surface area (Å²) in [6.45, 7) is 5.12. The predicted molar refractivity (Wildman–Crippen MR) is 99.8 cm³/mol. The van der Waals surface area contributed by atoms with Crippen LogP contribution in [0.3, 0.4) is 0 Å². The van der Waals surface area contributed by atoms with Crippen LogP contribution in [0.1, 0.15) is 43.6 Å². The fourth-order valence-electron chi connectivity index (χ4n) is 3.51. The van der Waals surface area contributed by atoms with Gasteiger partial charge >= 0.3 is 18.0 Å². The fourth-order valence-corrected chi connectivity index (χ4v) is 3.51. The molecule has 0 aliphatic carbocycles. The van der Waals surface area contributed by atoms with Crippen LogP contribution in [0, 0.1) is 5.41 Å². The van der Waals surface area contributed by atoms with Gasteiger partial charge in [-0.25, -0.2) is 9.48 Å². The molecule has 2 N–H and O–H groups in total. The van der Waals surface area contributed by atoms with E-state index < -0.39 is 58.1 Å². The lowest BCUT2D eigenvalue weighted by atomic mass is 9.82. The predicted octanol–water partition coefficient (Wildman–Crippen LogP) is 4.17. The highest BCUT2D eigenvalue weighted by atomic mass is 19.4. The minimum Gasteiger partial charge on any atom is -0.292 e. The number of nitrogens with zero attached hydrogens (tertiary/aromatic N) is 2. The Balaban J connectivity index is 2.29. The standard InChI is InChI=1S/C19H18F6N4O2/c1-17(2,3)13(9-4-6-10(7-5-9)19(23,24)25)29-14-12(15(30)27-16(31)26-14)11(28-29)8-18(20,21)22/h4-7,13H,8H2,1-3H3,(H2,26,27,30,31)/t13-/m1/s1. The van der Waals surface area contributed by atoms with Crippen LogP contribution in [-0.4, -0.2) is 25.9 Å². The van der Waals surface area contributed by atoms with Crippen molar-refractivity contribution in [2.45, 2.75) is 45.6 Å². The number of nitrogens with one attached hydrogen (secondary N) is 2. The number of alkyl halides is 6. The number of hydrogen-bond donors (Lipinski definition) is 2. The average Bonchev–Trinajstić information content (AvgIpc) is 2.89. The maximum Gasteiger partial charge on any atom is 0.416 e. The Bertz CT molecular complexity index is 1210. The Hall–Kier alpha value is -3.05. The second-order valence-corrected chi connectivity index (χ2v) is 8.20. The van der Waals surface area contributed by atoms with E-state index in [2.05, 4.69) is 10.1 Å². The Morgan fingerprint density at radius 3 is 2.03 bits per heavy atom. The summed E-state index contributed by atoms with van der Waals surface area (Å²) >= 11 is 0. The van der Waals surface area contributed by atoms with Crippen LogP contribution in [0.25, 0.3) is 11.0 Å². The van der Waals surface area contributed by atoms with Gasteiger partial charge in [-0.05, 0) is 23.1 Å². The summed E-state index contributed by atoms with van der Waals surface area (Å²) in [4.78, 5) is 28.3. The highest BCUT2D eigenvalue weighted by molar-refractivity contribution is 5.77. The molecule has 2 aromatic heterocycles. The van der Waals surface area contributed by atoms with E-state index in [0.717, 1.165) is 16.8 Å². The van der Waals surface area contributed by atoms with Gasteiger partial charge in [0.1, 0.15) is 11.0 Å². The molecule has 0 saturated heterocycles. The molecule has 3 aromatic rings. The van der Waals surface area contributed by atoms with E-state index >= 15 is 0 Å². The number of benzene rings is 1. The van der Waals surface area contributed by atoms with Crippen molar-refractivity contribution < 1.29 is 26.3 Å². The van der Waals surface area contributed by atoms with Gasteiger partial charge in [0.15, 0.2) is 0 Å². The fraction of sp³-hybridized carbons (Fsp3) is 0.421. The summed E-state index contributed by atoms with van der Waals surface area (Å²) in [6, 6.07) is 3.21. The summed E-state index contributed by atoms with van der Waals surface area (Å²) in [7, 11) is 0. The van der Waals surface area contributed by atoms with Gasteiger partial charge < -0.3 is 0 Å². The first-order valence-corrected chi connectivity index (χ1v) is 9.05. The molecule has 1 aromatic carbocycles. The van der Waals surface area contributed by atoms with Crippen LogP contribution >= 0.6 is 0 Å². The maximum atomic E-state index is 13.1. The van der Waals surface area contributed by atoms with Crippen molar-refractivity contribution in [3.8, 4) is 0 Å². The number of fused-ring (bicyclic) bond motifs is 1. The van der Waals surface area contributed by atoms with E-state index in [1.165, 1.54) is 12.1 Å². The third-order valence-electron chi connectivity index (χ3n) is 4.66. The van der Waals surface area contributed by atoms with Crippen molar-refractivity contribution in [3.63, 3.8) is 0 Å². The number of rotatable bonds is 3. The summed E-state index contributed by atoms with van der Waals surface area (Å²) in [5.74, 6) is 0. The molecule has 31 heavy (non-hydrogen) atoms. The molecule has 0 amide bonds. The van der Waals surface area contributed by atoms with Gasteiger partial charge in [-0.3, -0.25) is 14.8 Å². The van der Waals surface area contributed by atoms with Crippen molar-refractivity contribution in [2.24, 2.45) is 5.41 Å². The van der Waals surface area contributed by atoms with Crippen LogP contribution in [0.15, 0.2) is 33.9 Å². The first-order chi connectivity index (χ1) is 14.1. The molecule has 0 aliphatic heterocycles. The van der Waals surface area contributed by atoms with Gasteiger partial charge in [-0.2, -0.15) is 31.4 Å². The lowest BCUT2D eigenvalue weighted by Crippen LogP contribution is -2.29. The van der Waals surface area contributed by atoms with Crippen LogP contribution in [0.5, 0.6) is 0 Å². The lowest BCUT2D eigenvalue weighted by molar-refractivity contribution is -0.137. The van der Waals surface area contributed by atoms with Crippen molar-refractivity contribution in [1.82, 2.24) is 19.7 Å². The third-order valence-corrected chi connectivity index (χ3v) is 4.66. The number of H-pyrrole nitrogens is 2. The zero-order valence-electron chi connectivity index (χ0n) is 16.6. The quantitative estimate of drug-likeness (QED) is 0.590. The summed E-state index contributed by atoms with van der Waals surface area (Å²) in [6.07, 6.45) is -10.8. The Morgan fingerprint density at radius 2 is 1.55 bits per heavy atom. The van der Waals surface area contributed by atoms with Crippen molar-refractivity contribution >= 4 is 11.0 Å². The Labute approximate surface area is 170 Å². The van der Waals surface area contributed by atoms with Gasteiger partial charge in [0.2, 0.25) is 0 Å². The van der Waals surface area contributed by atoms with Crippen molar-refractivity contribution in [3.05, 3.63) is 61.9 Å². The van der Waals surface area contributed by atoms with E-state index in [4.69, 9.17) is 0 Å². The highest BCUT2D eigenvalue weighted by Crippen LogP contribution is 2.39. The molecule has 168 valence electrons. The van der Waals surface area contributed by atoms with E-state index in [-0.39, 0.29) is 5.65 Å². The molecule has 0 aliphatic rings. The van der Waals surface area contributed by atoms with Crippen LogP contribution in [0.4, 0.5) is 26.3 Å². The highest BCUT2D eigenvalue weighted by Gasteiger charge is 2.36. The molecule has 0 radical (unpaired) electrons. The molecule has 0 unspecified atom stereocenters. The molecular formula is C19H18F6N4O2. The van der Waals surface area contributed by atoms with E-state index in [1.807, 2.05) is 4.98 Å². The van der Waals surface area contributed by atoms with Gasteiger partial charge in [0, 0.05) is 0 Å². The zero-order valence-corrected chi connectivity index (χ0v) is 16.6. The minimum absolute atomic E-state index is 0.243. The summed E-state index contributed by atoms with van der Waals surface area (Å²) in [5, 5.41) is 3.54. The number of aromatic amines is 2. The smallest absolute Gasteiger partial charge is 0.292 e. The Kier molecular flexibility index (Phi) is 5.31. The summed E-state index contributed by atoms with van der Waals surface area (Å²) < 4.78 is 79.1. The number of aromatic nitrogens is 4. The first kappa shape index (κ1) is 22.6. The molecule has 2 heterocycles. The molecule has 0 bridgehead atoms. The largest absolute Gasteiger partial charge is 0.416 e. The van der Waals surface area contributed by atoms with Gasteiger partial charge in [-0.15, -0.1) is 0 Å². The molecule has 1 atom stereocenters. The topological polar surface area (TPSA) is 83.5 Å². The minimum atomic E-state index is -4.68. The van der Waals surface area contributed by atoms with Crippen molar-refractivity contribution in [1.29, 1.82) is 0 Å². The van der Waals surface area contributed by atoms with E-state index in [0.29, 0.717) is 5.56 Å².